The lowest BCUT2D eigenvalue weighted by Gasteiger charge is -2.16. The number of nitrogens with one attached hydrogen (secondary N) is 1. The number of benzene rings is 2. The molecule has 0 heterocycles. The Balaban J connectivity index is 0.00000334. The molecule has 5 nitrogen and oxygen atoms in total. The van der Waals surface area contributed by atoms with Crippen molar-refractivity contribution < 1.29 is 52.8 Å². The highest BCUT2D eigenvalue weighted by Crippen LogP contribution is 2.37. The van der Waals surface area contributed by atoms with Gasteiger partial charge in [0, 0.05) is 11.1 Å². The largest absolute Gasteiger partial charge is 0.516 e. The molecule has 0 aromatic heterocycles. The molecule has 0 bridgehead atoms. The van der Waals surface area contributed by atoms with Crippen LogP contribution in [-0.2, 0) is 33.8 Å². The third-order valence-electron chi connectivity index (χ3n) is 4.51. The number of rotatable bonds is 7. The van der Waals surface area contributed by atoms with E-state index in [1.807, 2.05) is 13.8 Å². The van der Waals surface area contributed by atoms with Gasteiger partial charge in [-0.1, -0.05) is 43.6 Å². The van der Waals surface area contributed by atoms with Gasteiger partial charge in [-0.15, -0.1) is 0 Å². The molecule has 15 heteroatoms. The summed E-state index contributed by atoms with van der Waals surface area (Å²) in [6, 6.07) is 4.55. The average Bonchev–Trinajstić information content (AvgIpc) is 2.77. The summed E-state index contributed by atoms with van der Waals surface area (Å²) in [6.07, 6.45) is -10.2. The monoisotopic (exact) mass is 566 g/mol. The summed E-state index contributed by atoms with van der Waals surface area (Å²) in [5.74, 6) is 0. The van der Waals surface area contributed by atoms with Gasteiger partial charge in [0.05, 0.1) is 22.5 Å². The van der Waals surface area contributed by atoms with Crippen LogP contribution in [0, 0.1) is 6.92 Å². The number of hydrogen-bond acceptors (Lipinski definition) is 4. The number of sulfonamides is 1. The van der Waals surface area contributed by atoms with Gasteiger partial charge >= 0.3 is 27.9 Å². The van der Waals surface area contributed by atoms with E-state index in [0.717, 1.165) is 6.07 Å². The van der Waals surface area contributed by atoms with Crippen LogP contribution in [-0.4, -0.2) is 19.6 Å². The van der Waals surface area contributed by atoms with Crippen molar-refractivity contribution >= 4 is 21.4 Å². The van der Waals surface area contributed by atoms with Crippen molar-refractivity contribution in [2.75, 3.05) is 4.72 Å². The average molecular weight is 566 g/mol. The molecule has 208 valence electrons. The molecule has 0 aliphatic heterocycles. The lowest BCUT2D eigenvalue weighted by Crippen LogP contribution is -2.30. The molecule has 1 N–H and O–H groups in total. The molecule has 0 unspecified atom stereocenters. The smallest absolute Gasteiger partial charge is 0.391 e. The van der Waals surface area contributed by atoms with Crippen LogP contribution in [0.3, 0.4) is 0 Å². The van der Waals surface area contributed by atoms with Crippen molar-refractivity contribution in [1.82, 2.24) is 0 Å². The minimum Gasteiger partial charge on any atom is -0.391 e. The fraction of sp³-hybridized carbons (Fsp3) is 0.409. The summed E-state index contributed by atoms with van der Waals surface area (Å²) in [5, 5.41) is 3.61. The Morgan fingerprint density at radius 2 is 1.51 bits per heavy atom. The Bertz CT molecular complexity index is 1200. The highest BCUT2D eigenvalue weighted by molar-refractivity contribution is 7.93. The standard InChI is InChI=1S/C20H17F9N2O3S.C2H6/c1-3-16(14-8-11(2)4-7-17(14)31-35(32,33)20(27,28)29)30-34-10-12-5-6-13(18(21,22)23)9-15(12)19(24,25)26;1-2/h4-9,31H,3,10H2,1-2H3;1-2H3/b30-16+;. The Labute approximate surface area is 207 Å². The van der Waals surface area contributed by atoms with Crippen LogP contribution in [0.2, 0.25) is 0 Å². The van der Waals surface area contributed by atoms with Gasteiger partial charge in [0.2, 0.25) is 0 Å². The Kier molecular flexibility index (Phi) is 10.4. The predicted octanol–water partition coefficient (Wildman–Crippen LogP) is 7.65. The van der Waals surface area contributed by atoms with Crippen LogP contribution in [0.5, 0.6) is 0 Å². The van der Waals surface area contributed by atoms with Crippen LogP contribution in [0.25, 0.3) is 0 Å². The number of halogens is 9. The molecule has 0 saturated carbocycles. The maximum Gasteiger partial charge on any atom is 0.516 e. The molecule has 37 heavy (non-hydrogen) atoms. The number of anilines is 1. The molecule has 0 spiro atoms. The van der Waals surface area contributed by atoms with Crippen molar-refractivity contribution in [3.63, 3.8) is 0 Å². The lowest BCUT2D eigenvalue weighted by atomic mass is 10.0. The first-order chi connectivity index (χ1) is 16.9. The van der Waals surface area contributed by atoms with E-state index in [4.69, 9.17) is 4.84 Å². The molecular weight excluding hydrogens is 543 g/mol. The topological polar surface area (TPSA) is 67.8 Å². The third-order valence-corrected chi connectivity index (χ3v) is 5.61. The molecule has 0 radical (unpaired) electrons. The van der Waals surface area contributed by atoms with Gasteiger partial charge in [0.25, 0.3) is 0 Å². The fourth-order valence-electron chi connectivity index (χ4n) is 2.81. The lowest BCUT2D eigenvalue weighted by molar-refractivity contribution is -0.143. The number of nitrogens with zero attached hydrogens (tertiary/aromatic N) is 1. The number of alkyl halides is 9. The van der Waals surface area contributed by atoms with Crippen molar-refractivity contribution in [2.24, 2.45) is 5.16 Å². The van der Waals surface area contributed by atoms with Gasteiger partial charge in [0.1, 0.15) is 6.61 Å². The summed E-state index contributed by atoms with van der Waals surface area (Å²) >= 11 is 0. The SMILES string of the molecule is CC.CC/C(=N\OCc1ccc(C(F)(F)F)cc1C(F)(F)F)c1cc(C)ccc1NS(=O)(=O)C(F)(F)F. The second-order valence-electron chi connectivity index (χ2n) is 7.13. The second-order valence-corrected chi connectivity index (χ2v) is 8.81. The molecule has 2 aromatic carbocycles. The molecule has 2 aromatic rings. The number of oxime groups is 1. The van der Waals surface area contributed by atoms with Gasteiger partial charge in [-0.05, 0) is 37.6 Å². The van der Waals surface area contributed by atoms with Crippen molar-refractivity contribution in [2.45, 2.75) is 58.6 Å². The van der Waals surface area contributed by atoms with Gasteiger partial charge < -0.3 is 4.84 Å². The van der Waals surface area contributed by atoms with E-state index < -0.39 is 56.9 Å². The summed E-state index contributed by atoms with van der Waals surface area (Å²) in [4.78, 5) is 4.89. The molecular formula is C22H23F9N2O3S. The van der Waals surface area contributed by atoms with Gasteiger partial charge in [-0.3, -0.25) is 4.72 Å². The zero-order valence-electron chi connectivity index (χ0n) is 19.9. The Hall–Kier alpha value is -2.97. The van der Waals surface area contributed by atoms with Crippen molar-refractivity contribution in [1.29, 1.82) is 0 Å². The molecule has 0 saturated heterocycles. The Morgan fingerprint density at radius 1 is 0.919 bits per heavy atom. The highest BCUT2D eigenvalue weighted by Gasteiger charge is 2.46. The molecule has 0 fully saturated rings. The molecule has 2 rings (SSSR count). The first-order valence-corrected chi connectivity index (χ1v) is 12.0. The second kappa shape index (κ2) is 12.0. The minimum absolute atomic E-state index is 0.0522. The fourth-order valence-corrected chi connectivity index (χ4v) is 3.40. The zero-order chi connectivity index (χ0) is 28.8. The minimum atomic E-state index is -5.79. The number of aryl methyl sites for hydroxylation is 1. The maximum absolute atomic E-state index is 13.3. The quantitative estimate of drug-likeness (QED) is 0.213. The van der Waals surface area contributed by atoms with E-state index in [2.05, 4.69) is 5.16 Å². The molecule has 0 aliphatic carbocycles. The van der Waals surface area contributed by atoms with E-state index in [-0.39, 0.29) is 23.8 Å². The van der Waals surface area contributed by atoms with Crippen LogP contribution in [0.4, 0.5) is 45.2 Å². The van der Waals surface area contributed by atoms with Crippen LogP contribution in [0.1, 0.15) is 55.0 Å². The van der Waals surface area contributed by atoms with Crippen LogP contribution < -0.4 is 4.72 Å². The van der Waals surface area contributed by atoms with Gasteiger partial charge in [-0.2, -0.15) is 47.9 Å². The van der Waals surface area contributed by atoms with E-state index in [0.29, 0.717) is 17.7 Å². The van der Waals surface area contributed by atoms with Gasteiger partial charge in [0.15, 0.2) is 0 Å². The third kappa shape index (κ3) is 8.54. The van der Waals surface area contributed by atoms with E-state index in [1.54, 1.807) is 0 Å². The normalized spacial score (nSPS) is 13.1. The summed E-state index contributed by atoms with van der Waals surface area (Å²) < 4.78 is 141. The van der Waals surface area contributed by atoms with Crippen molar-refractivity contribution in [3.8, 4) is 0 Å². The predicted molar refractivity (Wildman–Crippen MR) is 119 cm³/mol. The van der Waals surface area contributed by atoms with E-state index in [1.165, 1.54) is 30.7 Å². The van der Waals surface area contributed by atoms with Gasteiger partial charge in [-0.25, -0.2) is 0 Å². The Morgan fingerprint density at radius 3 is 2.00 bits per heavy atom. The van der Waals surface area contributed by atoms with Crippen LogP contribution in [0.15, 0.2) is 41.6 Å². The van der Waals surface area contributed by atoms with E-state index >= 15 is 0 Å². The van der Waals surface area contributed by atoms with Crippen LogP contribution >= 0.6 is 0 Å². The molecule has 0 atom stereocenters. The van der Waals surface area contributed by atoms with Crippen molar-refractivity contribution in [3.05, 3.63) is 64.2 Å². The maximum atomic E-state index is 13.3. The highest BCUT2D eigenvalue weighted by atomic mass is 32.2. The van der Waals surface area contributed by atoms with E-state index in [9.17, 15) is 47.9 Å². The summed E-state index contributed by atoms with van der Waals surface area (Å²) in [7, 11) is -5.79. The first-order valence-electron chi connectivity index (χ1n) is 10.5. The molecule has 0 amide bonds. The molecule has 0 aliphatic rings. The zero-order valence-corrected chi connectivity index (χ0v) is 20.7. The number of hydrogen-bond donors (Lipinski definition) is 1. The first kappa shape index (κ1) is 32.1. The summed E-state index contributed by atoms with van der Waals surface area (Å²) in [5.41, 5.74) is -9.71. The summed E-state index contributed by atoms with van der Waals surface area (Å²) in [6.45, 7) is 6.08.